The highest BCUT2D eigenvalue weighted by molar-refractivity contribution is 7.92. The van der Waals surface area contributed by atoms with E-state index < -0.39 is 32.2 Å². The minimum atomic E-state index is -5.52. The van der Waals surface area contributed by atoms with E-state index in [-0.39, 0.29) is 24.6 Å². The number of halogens is 3. The zero-order valence-electron chi connectivity index (χ0n) is 14.0. The number of pyridine rings is 1. The number of nitrogens with two attached hydrogens (primary N) is 1. The molecule has 2 N–H and O–H groups in total. The summed E-state index contributed by atoms with van der Waals surface area (Å²) in [6.45, 7) is -0.169. The van der Waals surface area contributed by atoms with Crippen LogP contribution >= 0.6 is 0 Å². The van der Waals surface area contributed by atoms with Crippen molar-refractivity contribution in [2.45, 2.75) is 16.9 Å². The van der Waals surface area contributed by atoms with Gasteiger partial charge in [0.2, 0.25) is 0 Å². The molecule has 1 aromatic heterocycles. The van der Waals surface area contributed by atoms with E-state index in [9.17, 15) is 31.2 Å². The summed E-state index contributed by atoms with van der Waals surface area (Å²) in [5.74, 6) is -0.354. The summed E-state index contributed by atoms with van der Waals surface area (Å²) in [6.07, 6.45) is 1.45. The van der Waals surface area contributed by atoms with E-state index in [1.165, 1.54) is 17.2 Å². The largest absolute Gasteiger partial charge is 0.501 e. The number of hydrogen-bond donors (Lipinski definition) is 1. The van der Waals surface area contributed by atoms with Gasteiger partial charge in [0.15, 0.2) is 0 Å². The number of nitrogens with zero attached hydrogens (tertiary/aromatic N) is 3. The maximum Gasteiger partial charge on any atom is 0.501 e. The lowest BCUT2D eigenvalue weighted by Gasteiger charge is -2.17. The molecule has 1 fully saturated rings. The van der Waals surface area contributed by atoms with E-state index in [1.807, 2.05) is 0 Å². The molecule has 0 saturated carbocycles. The molecule has 12 heteroatoms. The first kappa shape index (κ1) is 19.6. The highest BCUT2D eigenvalue weighted by Crippen LogP contribution is 2.32. The van der Waals surface area contributed by atoms with Crippen LogP contribution in [-0.4, -0.2) is 42.3 Å². The number of amides is 3. The van der Waals surface area contributed by atoms with Crippen molar-refractivity contribution in [3.63, 3.8) is 0 Å². The molecular formula is C16H13F3N4O4S. The van der Waals surface area contributed by atoms with E-state index in [4.69, 9.17) is 5.73 Å². The Balaban J connectivity index is 1.82. The van der Waals surface area contributed by atoms with Gasteiger partial charge < -0.3 is 10.6 Å². The smallest absolute Gasteiger partial charge is 0.384 e. The van der Waals surface area contributed by atoms with Crippen LogP contribution in [0.2, 0.25) is 0 Å². The van der Waals surface area contributed by atoms with E-state index in [0.29, 0.717) is 17.7 Å². The number of hydrogen-bond acceptors (Lipinski definition) is 6. The molecule has 0 atom stereocenters. The number of benzene rings is 1. The van der Waals surface area contributed by atoms with E-state index in [1.54, 1.807) is 6.07 Å². The van der Waals surface area contributed by atoms with Gasteiger partial charge in [-0.2, -0.15) is 13.2 Å². The van der Waals surface area contributed by atoms with Crippen molar-refractivity contribution in [2.24, 2.45) is 0 Å². The standard InChI is InChI=1S/C16H13F3N4O4S/c17-16(18,19)28(26,27)12-3-1-11(2-4-12)23-14(24)9-22(15(23)25)8-10-5-6-21-13(20)7-10/h1-7H,8-9H2,(H2,20,21). The second-order valence-electron chi connectivity index (χ2n) is 5.90. The number of imide groups is 1. The fourth-order valence-corrected chi connectivity index (χ4v) is 3.41. The van der Waals surface area contributed by atoms with Crippen LogP contribution < -0.4 is 10.6 Å². The second kappa shape index (κ2) is 6.78. The Hall–Kier alpha value is -3.15. The molecule has 8 nitrogen and oxygen atoms in total. The molecule has 0 aliphatic carbocycles. The lowest BCUT2D eigenvalue weighted by atomic mass is 10.2. The zero-order valence-corrected chi connectivity index (χ0v) is 14.9. The molecule has 2 heterocycles. The average molecular weight is 414 g/mol. The fourth-order valence-electron chi connectivity index (χ4n) is 2.65. The molecule has 1 saturated heterocycles. The Morgan fingerprint density at radius 2 is 1.75 bits per heavy atom. The molecule has 1 aromatic carbocycles. The number of urea groups is 1. The molecule has 0 spiro atoms. The lowest BCUT2D eigenvalue weighted by Crippen LogP contribution is -2.32. The number of alkyl halides is 3. The highest BCUT2D eigenvalue weighted by atomic mass is 32.2. The van der Waals surface area contributed by atoms with Gasteiger partial charge in [-0.15, -0.1) is 0 Å². The van der Waals surface area contributed by atoms with Gasteiger partial charge in [0, 0.05) is 12.7 Å². The first-order valence-corrected chi connectivity index (χ1v) is 9.23. The predicted molar refractivity (Wildman–Crippen MR) is 91.6 cm³/mol. The third-order valence-corrected chi connectivity index (χ3v) is 5.47. The van der Waals surface area contributed by atoms with E-state index in [0.717, 1.165) is 17.0 Å². The number of rotatable bonds is 4. The molecule has 0 unspecified atom stereocenters. The average Bonchev–Trinajstić information content (AvgIpc) is 2.87. The van der Waals surface area contributed by atoms with Gasteiger partial charge in [0.25, 0.3) is 15.7 Å². The van der Waals surface area contributed by atoms with Crippen molar-refractivity contribution in [3.8, 4) is 0 Å². The highest BCUT2D eigenvalue weighted by Gasteiger charge is 2.47. The first-order valence-electron chi connectivity index (χ1n) is 7.74. The topological polar surface area (TPSA) is 114 Å². The minimum absolute atomic E-state index is 0.0344. The van der Waals surface area contributed by atoms with Crippen LogP contribution in [-0.2, 0) is 21.2 Å². The van der Waals surface area contributed by atoms with Crippen LogP contribution in [0.5, 0.6) is 0 Å². The molecule has 1 aliphatic rings. The second-order valence-corrected chi connectivity index (χ2v) is 7.84. The molecular weight excluding hydrogens is 401 g/mol. The number of carbonyl (C=O) groups excluding carboxylic acids is 2. The monoisotopic (exact) mass is 414 g/mol. The molecule has 3 rings (SSSR count). The summed E-state index contributed by atoms with van der Waals surface area (Å²) < 4.78 is 60.6. The fraction of sp³-hybridized carbons (Fsp3) is 0.188. The number of sulfone groups is 1. The van der Waals surface area contributed by atoms with E-state index >= 15 is 0 Å². The molecule has 2 aromatic rings. The predicted octanol–water partition coefficient (Wildman–Crippen LogP) is 1.93. The Morgan fingerprint density at radius 3 is 2.32 bits per heavy atom. The van der Waals surface area contributed by atoms with Gasteiger partial charge in [-0.25, -0.2) is 23.1 Å². The number of nitrogen functional groups attached to an aromatic ring is 1. The third kappa shape index (κ3) is 3.50. The Morgan fingerprint density at radius 1 is 1.11 bits per heavy atom. The quantitative estimate of drug-likeness (QED) is 0.765. The van der Waals surface area contributed by atoms with Gasteiger partial charge in [0.1, 0.15) is 12.4 Å². The summed E-state index contributed by atoms with van der Waals surface area (Å²) in [5.41, 5.74) is 0.731. The molecule has 0 radical (unpaired) electrons. The van der Waals surface area contributed by atoms with Crippen molar-refractivity contribution in [2.75, 3.05) is 17.2 Å². The summed E-state index contributed by atoms with van der Waals surface area (Å²) in [6, 6.07) is 5.82. The molecule has 0 bridgehead atoms. The van der Waals surface area contributed by atoms with Crippen molar-refractivity contribution in [1.29, 1.82) is 0 Å². The van der Waals surface area contributed by atoms with Gasteiger partial charge >= 0.3 is 11.5 Å². The van der Waals surface area contributed by atoms with Crippen molar-refractivity contribution in [3.05, 3.63) is 48.2 Å². The summed E-state index contributed by atoms with van der Waals surface area (Å²) in [4.78, 5) is 29.6. The summed E-state index contributed by atoms with van der Waals surface area (Å²) in [7, 11) is -5.52. The van der Waals surface area contributed by atoms with Crippen LogP contribution in [0.3, 0.4) is 0 Å². The van der Waals surface area contributed by atoms with Gasteiger partial charge in [-0.05, 0) is 42.0 Å². The first-order chi connectivity index (χ1) is 13.0. The number of carbonyl (C=O) groups is 2. The maximum absolute atomic E-state index is 12.6. The van der Waals surface area contributed by atoms with Crippen LogP contribution in [0.15, 0.2) is 47.5 Å². The summed E-state index contributed by atoms with van der Waals surface area (Å²) in [5, 5.41) is 0. The van der Waals surface area contributed by atoms with Crippen LogP contribution in [0.1, 0.15) is 5.56 Å². The molecule has 148 valence electrons. The van der Waals surface area contributed by atoms with Crippen LogP contribution in [0, 0.1) is 0 Å². The third-order valence-electron chi connectivity index (χ3n) is 3.97. The Labute approximate surface area is 157 Å². The van der Waals surface area contributed by atoms with Crippen molar-refractivity contribution < 1.29 is 31.2 Å². The molecule has 3 amide bonds. The molecule has 28 heavy (non-hydrogen) atoms. The van der Waals surface area contributed by atoms with Gasteiger partial charge in [-0.3, -0.25) is 4.79 Å². The van der Waals surface area contributed by atoms with Crippen LogP contribution in [0.25, 0.3) is 0 Å². The minimum Gasteiger partial charge on any atom is -0.384 e. The SMILES string of the molecule is Nc1cc(CN2CC(=O)N(c3ccc(S(=O)(=O)C(F)(F)F)cc3)C2=O)ccn1. The van der Waals surface area contributed by atoms with Crippen molar-refractivity contribution >= 4 is 33.3 Å². The van der Waals surface area contributed by atoms with Crippen LogP contribution in [0.4, 0.5) is 29.5 Å². The number of anilines is 2. The maximum atomic E-state index is 12.6. The van der Waals surface area contributed by atoms with Crippen molar-refractivity contribution in [1.82, 2.24) is 9.88 Å². The zero-order chi connectivity index (χ0) is 20.7. The number of aromatic nitrogens is 1. The summed E-state index contributed by atoms with van der Waals surface area (Å²) >= 11 is 0. The van der Waals surface area contributed by atoms with Gasteiger partial charge in [0.05, 0.1) is 10.6 Å². The Kier molecular flexibility index (Phi) is 4.75. The molecule has 1 aliphatic heterocycles. The normalized spacial score (nSPS) is 15.4. The Bertz CT molecular complexity index is 1040. The van der Waals surface area contributed by atoms with Gasteiger partial charge in [-0.1, -0.05) is 0 Å². The lowest BCUT2D eigenvalue weighted by molar-refractivity contribution is -0.116. The van der Waals surface area contributed by atoms with E-state index in [2.05, 4.69) is 4.98 Å².